The molecule has 9 heteroatoms. The quantitative estimate of drug-likeness (QED) is 0.0919. The summed E-state index contributed by atoms with van der Waals surface area (Å²) in [6, 6.07) is 20.8. The summed E-state index contributed by atoms with van der Waals surface area (Å²) in [5.74, 6) is -0.427. The van der Waals surface area contributed by atoms with Crippen molar-refractivity contribution in [2.45, 2.75) is 68.2 Å². The first kappa shape index (κ1) is 92.1. The van der Waals surface area contributed by atoms with Crippen molar-refractivity contribution in [1.29, 1.82) is 0 Å². The van der Waals surface area contributed by atoms with E-state index in [9.17, 15) is 29.7 Å². The van der Waals surface area contributed by atoms with Crippen molar-refractivity contribution < 1.29 is 43.9 Å². The number of hydrogen-bond acceptors (Lipinski definition) is 9. The van der Waals surface area contributed by atoms with E-state index in [1.807, 2.05) is 39.0 Å². The summed E-state index contributed by atoms with van der Waals surface area (Å²) in [6.07, 6.45) is 1.77. The maximum absolute atomic E-state index is 11.3. The molecule has 0 heterocycles. The monoisotopic (exact) mass is 1390 g/mol. The van der Waals surface area contributed by atoms with Crippen LogP contribution in [-0.4, -0.2) is 53.0 Å². The zero-order chi connectivity index (χ0) is 78.2. The lowest BCUT2D eigenvalue weighted by atomic mass is 10.0. The van der Waals surface area contributed by atoms with Gasteiger partial charge in [-0.25, -0.2) is 0 Å². The van der Waals surface area contributed by atoms with Gasteiger partial charge in [-0.2, -0.15) is 0 Å². The normalized spacial score (nSPS) is 7.31. The number of ether oxygens (including phenoxy) is 3. The van der Waals surface area contributed by atoms with Crippen LogP contribution in [0.5, 0.6) is 17.2 Å². The highest BCUT2D eigenvalue weighted by molar-refractivity contribution is 5.73. The molecular formula is C99H56O9. The van der Waals surface area contributed by atoms with Crippen LogP contribution in [0.1, 0.15) is 65.7 Å². The molecule has 3 N–H and O–H groups in total. The molecule has 0 amide bonds. The second kappa shape index (κ2) is 70.3. The summed E-state index contributed by atoms with van der Waals surface area (Å²) in [5, 5.41) is 27.8. The molecule has 3 rings (SSSR count). The molecular weight excluding hydrogens is 1330 g/mol. The minimum absolute atomic E-state index is 0. The number of hydrogen-bond donors (Lipinski definition) is 3. The Kier molecular flexibility index (Phi) is 60.0. The van der Waals surface area contributed by atoms with Crippen molar-refractivity contribution in [2.75, 3.05) is 19.8 Å². The van der Waals surface area contributed by atoms with Crippen LogP contribution in [0.3, 0.4) is 0 Å². The van der Waals surface area contributed by atoms with Crippen LogP contribution >= 0.6 is 0 Å². The molecule has 1 unspecified atom stereocenters. The van der Waals surface area contributed by atoms with Gasteiger partial charge in [-0.15, -0.1) is 0 Å². The zero-order valence-electron chi connectivity index (χ0n) is 58.6. The maximum atomic E-state index is 11.3. The number of benzene rings is 3. The van der Waals surface area contributed by atoms with Crippen LogP contribution in [0, 0.1) is 17.8 Å². The van der Waals surface area contributed by atoms with E-state index in [0.717, 1.165) is 16.7 Å². The number of carbonyl (C=O) groups is 3. The predicted octanol–water partition coefficient (Wildman–Crippen LogP) is 17.1. The number of phenolic OH excluding ortho intramolecular Hbond substituents is 3. The van der Waals surface area contributed by atoms with Gasteiger partial charge in [-0.05, 0) is 198 Å². The Morgan fingerprint density at radius 3 is 0.509 bits per heavy atom. The third-order valence-electron chi connectivity index (χ3n) is 10.2. The Morgan fingerprint density at radius 1 is 0.269 bits per heavy atom. The fourth-order valence-electron chi connectivity index (χ4n) is 6.05. The van der Waals surface area contributed by atoms with Gasteiger partial charge in [0.05, 0.1) is 37.6 Å². The Morgan fingerprint density at radius 2 is 0.398 bits per heavy atom. The molecule has 0 aliphatic heterocycles. The fraction of sp³-hybridized carbons (Fsp3) is 0.162. The zero-order valence-corrected chi connectivity index (χ0v) is 58.6. The van der Waals surface area contributed by atoms with Crippen molar-refractivity contribution in [2.24, 2.45) is 17.8 Å². The van der Waals surface area contributed by atoms with Crippen LogP contribution in [0.25, 0.3) is 0 Å². The third-order valence-corrected chi connectivity index (χ3v) is 10.2. The van der Waals surface area contributed by atoms with Gasteiger partial charge < -0.3 is 29.5 Å². The van der Waals surface area contributed by atoms with E-state index in [0.29, 0.717) is 39.1 Å². The van der Waals surface area contributed by atoms with Crippen molar-refractivity contribution in [1.82, 2.24) is 0 Å². The smallest absolute Gasteiger partial charge is 0.308 e. The Balaban J connectivity index is 0. The van der Waals surface area contributed by atoms with E-state index in [1.165, 1.54) is 0 Å². The van der Waals surface area contributed by atoms with E-state index >= 15 is 0 Å². The van der Waals surface area contributed by atoms with Crippen molar-refractivity contribution >= 4 is 17.9 Å². The van der Waals surface area contributed by atoms with E-state index in [-0.39, 0.29) is 60.3 Å². The minimum Gasteiger partial charge on any atom is -0.508 e. The van der Waals surface area contributed by atoms with E-state index in [4.69, 9.17) is 14.2 Å². The summed E-state index contributed by atoms with van der Waals surface area (Å²) in [7, 11) is 0. The molecule has 0 saturated heterocycles. The molecule has 108 heavy (non-hydrogen) atoms. The van der Waals surface area contributed by atoms with Crippen molar-refractivity contribution in [3.63, 3.8) is 0 Å². The van der Waals surface area contributed by atoms with Gasteiger partial charge in [0.2, 0.25) is 0 Å². The SMILES string of the molecule is C.C=C=C=C=C=C=C=C=C=C=C=C=C=C=C=C=C=C=C=C=C=C=C=C=C=C=C=C=C=C=C=C=C=C=C=C=C=C=C=C=C=C=C=C=C=C=C=C=C=C=C=C=C=C=C=C=C=C=C=C=C=C.CCOC(=O)C(C)Cc1cccc(O)c1.CCOC(=O)[C@@H](C)Cc1cccc(O)c1.CCOC(=O)[C@H](C)Cc1cccc(O)c1. The second-order valence-corrected chi connectivity index (χ2v) is 18.2. The number of esters is 3. The highest BCUT2D eigenvalue weighted by atomic mass is 16.5. The van der Waals surface area contributed by atoms with Crippen LogP contribution < -0.4 is 0 Å². The first-order valence-corrected chi connectivity index (χ1v) is 30.7. The van der Waals surface area contributed by atoms with E-state index < -0.39 is 0 Å². The average Bonchev–Trinajstić information content (AvgIpc) is 0.914. The summed E-state index contributed by atoms with van der Waals surface area (Å²) in [6.45, 7) is 18.7. The van der Waals surface area contributed by atoms with Gasteiger partial charge in [-0.1, -0.05) is 76.1 Å². The summed E-state index contributed by atoms with van der Waals surface area (Å²) < 4.78 is 14.7. The largest absolute Gasteiger partial charge is 0.508 e. The van der Waals surface area contributed by atoms with Gasteiger partial charge in [0.25, 0.3) is 0 Å². The van der Waals surface area contributed by atoms with Crippen molar-refractivity contribution in [3.05, 3.63) is 447 Å². The first-order chi connectivity index (χ1) is 52.3. The molecule has 9 nitrogen and oxygen atoms in total. The van der Waals surface area contributed by atoms with Gasteiger partial charge in [0, 0.05) is 241 Å². The first-order valence-electron chi connectivity index (χ1n) is 30.7. The maximum Gasteiger partial charge on any atom is 0.308 e. The average molecular weight is 1390 g/mol. The molecule has 506 valence electrons. The predicted molar refractivity (Wildman–Crippen MR) is 402 cm³/mol. The van der Waals surface area contributed by atoms with Crippen LogP contribution in [0.4, 0.5) is 0 Å². The molecule has 0 aliphatic carbocycles. The molecule has 0 spiro atoms. The summed E-state index contributed by atoms with van der Waals surface area (Å²) >= 11 is 0. The van der Waals surface area contributed by atoms with Gasteiger partial charge in [0.1, 0.15) is 17.2 Å². The highest BCUT2D eigenvalue weighted by Gasteiger charge is 2.16. The second-order valence-electron chi connectivity index (χ2n) is 18.2. The number of phenols is 3. The highest BCUT2D eigenvalue weighted by Crippen LogP contribution is 2.18. The van der Waals surface area contributed by atoms with Crippen LogP contribution in [0.15, 0.2) is 430 Å². The molecule has 0 saturated carbocycles. The van der Waals surface area contributed by atoms with E-state index in [2.05, 4.69) is 357 Å². The lowest BCUT2D eigenvalue weighted by Gasteiger charge is -2.10. The molecule has 0 bridgehead atoms. The summed E-state index contributed by atoms with van der Waals surface area (Å²) in [4.78, 5) is 34.0. The Hall–Kier alpha value is -18.0. The molecule has 3 aromatic rings. The number of carbonyl (C=O) groups excluding carboxylic acids is 3. The Labute approximate surface area is 627 Å². The third kappa shape index (κ3) is 61.6. The van der Waals surface area contributed by atoms with Gasteiger partial charge in [0.15, 0.2) is 0 Å². The van der Waals surface area contributed by atoms with Crippen LogP contribution in [-0.2, 0) is 47.9 Å². The lowest BCUT2D eigenvalue weighted by Crippen LogP contribution is -2.16. The topological polar surface area (TPSA) is 140 Å². The fourth-order valence-corrected chi connectivity index (χ4v) is 6.05. The number of aromatic hydroxyl groups is 3. The van der Waals surface area contributed by atoms with Crippen LogP contribution in [0.2, 0.25) is 0 Å². The minimum atomic E-state index is -0.194. The molecule has 0 aromatic heterocycles. The van der Waals surface area contributed by atoms with Gasteiger partial charge in [-0.3, -0.25) is 14.4 Å². The van der Waals surface area contributed by atoms with E-state index in [1.54, 1.807) is 75.4 Å². The molecule has 0 radical (unpaired) electrons. The molecule has 0 fully saturated rings. The molecule has 3 atom stereocenters. The van der Waals surface area contributed by atoms with Crippen molar-refractivity contribution in [3.8, 4) is 17.2 Å². The van der Waals surface area contributed by atoms with Gasteiger partial charge >= 0.3 is 17.9 Å². The Bertz CT molecular complexity index is 6000. The standard InChI is InChI=1S/C62H4.3C12H16O3.CH4/c1-3-5-7-9-11-13-15-17-19-21-23-25-27-29-31-33-35-37-39-41-43-45-47-49-51-53-55-57-59-61-62-60-58-56-54-52-50-48-46-44-42-40-38-36-34-32-30-28-26-24-22-20-18-16-14-12-10-8-6-4-2;3*1-3-15-12(14)9(2)7-10-5-4-6-11(13)8-10;/h1-2H2;3*4-6,8-9,13H,3,7H2,1-2H3;1H4/t;2*9-;;/m.10../s1. The molecule has 0 aliphatic rings. The summed E-state index contributed by atoms with van der Waals surface area (Å²) in [5.41, 5.74) is 152. The lowest BCUT2D eigenvalue weighted by molar-refractivity contribution is -0.148. The molecule has 3 aromatic carbocycles. The number of rotatable bonds is 12.